The molecule has 0 atom stereocenters. The molecule has 0 spiro atoms. The van der Waals surface area contributed by atoms with Gasteiger partial charge in [0.05, 0.1) is 11.3 Å². The molecule has 16 heavy (non-hydrogen) atoms. The molecule has 0 amide bonds. The fourth-order valence-electron chi connectivity index (χ4n) is 1.31. The molecule has 0 unspecified atom stereocenters. The van der Waals surface area contributed by atoms with Gasteiger partial charge < -0.3 is 5.32 Å². The first kappa shape index (κ1) is 10.1. The van der Waals surface area contributed by atoms with Crippen molar-refractivity contribution >= 4 is 11.5 Å². The molecular formula is C12H8FN3. The number of nitriles is 1. The van der Waals surface area contributed by atoms with Gasteiger partial charge in [0.15, 0.2) is 0 Å². The summed E-state index contributed by atoms with van der Waals surface area (Å²) in [6.07, 6.45) is 0. The number of hydrogen-bond acceptors (Lipinski definition) is 3. The van der Waals surface area contributed by atoms with Gasteiger partial charge in [0, 0.05) is 0 Å². The van der Waals surface area contributed by atoms with Gasteiger partial charge >= 0.3 is 0 Å². The Labute approximate surface area is 92.2 Å². The summed E-state index contributed by atoms with van der Waals surface area (Å²) in [5, 5.41) is 11.8. The molecule has 0 saturated carbocycles. The Morgan fingerprint density at radius 3 is 2.69 bits per heavy atom. The van der Waals surface area contributed by atoms with Gasteiger partial charge in [-0.15, -0.1) is 0 Å². The molecule has 2 rings (SSSR count). The predicted octanol–water partition coefficient (Wildman–Crippen LogP) is 2.84. The van der Waals surface area contributed by atoms with Crippen LogP contribution in [0.3, 0.4) is 0 Å². The maximum Gasteiger partial charge on any atom is 0.214 e. The van der Waals surface area contributed by atoms with Gasteiger partial charge in [0.25, 0.3) is 0 Å². The third kappa shape index (κ3) is 2.15. The number of nitrogens with one attached hydrogen (secondary N) is 1. The number of para-hydroxylation sites is 1. The van der Waals surface area contributed by atoms with Gasteiger partial charge in [-0.25, -0.2) is 4.98 Å². The summed E-state index contributed by atoms with van der Waals surface area (Å²) in [5.74, 6) is -0.179. The predicted molar refractivity (Wildman–Crippen MR) is 58.6 cm³/mol. The minimum atomic E-state index is -0.556. The van der Waals surface area contributed by atoms with Gasteiger partial charge in [-0.05, 0) is 24.3 Å². The van der Waals surface area contributed by atoms with E-state index in [1.54, 1.807) is 36.4 Å². The van der Waals surface area contributed by atoms with Crippen molar-refractivity contribution in [3.8, 4) is 6.07 Å². The number of hydrogen-bond donors (Lipinski definition) is 1. The topological polar surface area (TPSA) is 48.7 Å². The quantitative estimate of drug-likeness (QED) is 0.780. The zero-order valence-corrected chi connectivity index (χ0v) is 8.31. The molecule has 0 aliphatic rings. The molecule has 0 bridgehead atoms. The van der Waals surface area contributed by atoms with Crippen LogP contribution in [-0.2, 0) is 0 Å². The monoisotopic (exact) mass is 213 g/mol. The molecule has 4 heteroatoms. The van der Waals surface area contributed by atoms with E-state index in [1.807, 2.05) is 6.07 Å². The number of pyridine rings is 1. The van der Waals surface area contributed by atoms with E-state index in [-0.39, 0.29) is 0 Å². The average Bonchev–Trinajstić information content (AvgIpc) is 2.30. The molecule has 2 aromatic rings. The largest absolute Gasteiger partial charge is 0.339 e. The van der Waals surface area contributed by atoms with E-state index < -0.39 is 5.95 Å². The number of rotatable bonds is 2. The van der Waals surface area contributed by atoms with E-state index in [4.69, 9.17) is 5.26 Å². The second-order valence-electron chi connectivity index (χ2n) is 3.13. The first-order valence-corrected chi connectivity index (χ1v) is 4.68. The molecule has 1 N–H and O–H groups in total. The van der Waals surface area contributed by atoms with Crippen LogP contribution in [0.15, 0.2) is 42.5 Å². The molecule has 1 aromatic carbocycles. The Balaban J connectivity index is 2.31. The third-order valence-electron chi connectivity index (χ3n) is 2.03. The third-order valence-corrected chi connectivity index (χ3v) is 2.03. The molecule has 0 radical (unpaired) electrons. The fourth-order valence-corrected chi connectivity index (χ4v) is 1.31. The highest BCUT2D eigenvalue weighted by Gasteiger charge is 2.02. The number of aromatic nitrogens is 1. The van der Waals surface area contributed by atoms with Crippen LogP contribution in [0.5, 0.6) is 0 Å². The Morgan fingerprint density at radius 1 is 1.12 bits per heavy atom. The molecule has 0 saturated heterocycles. The number of nitrogens with zero attached hydrogens (tertiary/aromatic N) is 2. The second kappa shape index (κ2) is 4.41. The summed E-state index contributed by atoms with van der Waals surface area (Å²) in [5.41, 5.74) is 1.11. The maximum absolute atomic E-state index is 12.8. The Bertz CT molecular complexity index is 546. The van der Waals surface area contributed by atoms with Crippen molar-refractivity contribution in [1.29, 1.82) is 5.26 Å². The second-order valence-corrected chi connectivity index (χ2v) is 3.13. The maximum atomic E-state index is 12.8. The van der Waals surface area contributed by atoms with Crippen molar-refractivity contribution in [3.05, 3.63) is 54.0 Å². The van der Waals surface area contributed by atoms with Crippen molar-refractivity contribution in [1.82, 2.24) is 4.98 Å². The van der Waals surface area contributed by atoms with Crippen LogP contribution in [-0.4, -0.2) is 4.98 Å². The summed E-state index contributed by atoms with van der Waals surface area (Å²) in [6, 6.07) is 13.5. The van der Waals surface area contributed by atoms with Crippen LogP contribution < -0.4 is 5.32 Å². The van der Waals surface area contributed by atoms with E-state index in [0.717, 1.165) is 0 Å². The summed E-state index contributed by atoms with van der Waals surface area (Å²) in [6.45, 7) is 0. The van der Waals surface area contributed by atoms with Crippen LogP contribution in [0.1, 0.15) is 5.56 Å². The highest BCUT2D eigenvalue weighted by Crippen LogP contribution is 2.18. The summed E-state index contributed by atoms with van der Waals surface area (Å²) >= 11 is 0. The lowest BCUT2D eigenvalue weighted by molar-refractivity contribution is 0.585. The Kier molecular flexibility index (Phi) is 2.79. The molecule has 0 fully saturated rings. The van der Waals surface area contributed by atoms with Crippen LogP contribution in [0.4, 0.5) is 15.9 Å². The van der Waals surface area contributed by atoms with E-state index in [1.165, 1.54) is 6.07 Å². The van der Waals surface area contributed by atoms with Gasteiger partial charge in [-0.1, -0.05) is 18.2 Å². The highest BCUT2D eigenvalue weighted by atomic mass is 19.1. The molecule has 78 valence electrons. The first-order valence-electron chi connectivity index (χ1n) is 4.68. The van der Waals surface area contributed by atoms with Gasteiger partial charge in [0.1, 0.15) is 11.9 Å². The summed E-state index contributed by atoms with van der Waals surface area (Å²) in [7, 11) is 0. The number of benzene rings is 1. The zero-order chi connectivity index (χ0) is 11.4. The smallest absolute Gasteiger partial charge is 0.214 e. The molecule has 3 nitrogen and oxygen atoms in total. The SMILES string of the molecule is N#Cc1ccccc1Nc1cccc(F)n1. The first-order chi connectivity index (χ1) is 7.79. The van der Waals surface area contributed by atoms with Crippen LogP contribution in [0.25, 0.3) is 0 Å². The average molecular weight is 213 g/mol. The lowest BCUT2D eigenvalue weighted by Crippen LogP contribution is -1.96. The Hall–Kier alpha value is -2.41. The Morgan fingerprint density at radius 2 is 1.94 bits per heavy atom. The van der Waals surface area contributed by atoms with Crippen molar-refractivity contribution in [2.24, 2.45) is 0 Å². The highest BCUT2D eigenvalue weighted by molar-refractivity contribution is 5.64. The van der Waals surface area contributed by atoms with Crippen molar-refractivity contribution in [3.63, 3.8) is 0 Å². The minimum absolute atomic E-state index is 0.378. The van der Waals surface area contributed by atoms with Crippen LogP contribution in [0, 0.1) is 17.3 Å². The van der Waals surface area contributed by atoms with Crippen molar-refractivity contribution in [2.75, 3.05) is 5.32 Å². The molecular weight excluding hydrogens is 205 g/mol. The minimum Gasteiger partial charge on any atom is -0.339 e. The summed E-state index contributed by atoms with van der Waals surface area (Å²) in [4.78, 5) is 3.66. The van der Waals surface area contributed by atoms with E-state index >= 15 is 0 Å². The lowest BCUT2D eigenvalue weighted by atomic mass is 10.2. The van der Waals surface area contributed by atoms with Gasteiger partial charge in [-0.3, -0.25) is 0 Å². The molecule has 0 aliphatic carbocycles. The van der Waals surface area contributed by atoms with Crippen molar-refractivity contribution in [2.45, 2.75) is 0 Å². The van der Waals surface area contributed by atoms with Gasteiger partial charge in [0.2, 0.25) is 5.95 Å². The lowest BCUT2D eigenvalue weighted by Gasteiger charge is -2.06. The zero-order valence-electron chi connectivity index (χ0n) is 8.31. The molecule has 1 aromatic heterocycles. The fraction of sp³-hybridized carbons (Fsp3) is 0. The molecule has 1 heterocycles. The normalized spacial score (nSPS) is 9.50. The number of anilines is 2. The van der Waals surface area contributed by atoms with Crippen LogP contribution in [0.2, 0.25) is 0 Å². The van der Waals surface area contributed by atoms with Gasteiger partial charge in [-0.2, -0.15) is 9.65 Å². The molecule has 0 aliphatic heterocycles. The van der Waals surface area contributed by atoms with E-state index in [0.29, 0.717) is 17.1 Å². The van der Waals surface area contributed by atoms with Crippen LogP contribution >= 0.6 is 0 Å². The van der Waals surface area contributed by atoms with Crippen molar-refractivity contribution < 1.29 is 4.39 Å². The number of halogens is 1. The van der Waals surface area contributed by atoms with E-state index in [9.17, 15) is 4.39 Å². The standard InChI is InChI=1S/C12H8FN3/c13-11-6-3-7-12(16-11)15-10-5-2-1-4-9(10)8-14/h1-7H,(H,15,16). The van der Waals surface area contributed by atoms with E-state index in [2.05, 4.69) is 10.3 Å². The summed E-state index contributed by atoms with van der Waals surface area (Å²) < 4.78 is 12.8.